The molecule has 1 aliphatic heterocycles. The molecule has 0 aromatic heterocycles. The summed E-state index contributed by atoms with van der Waals surface area (Å²) >= 11 is 0. The number of benzene rings is 1. The van der Waals surface area contributed by atoms with E-state index in [0.29, 0.717) is 5.41 Å². The van der Waals surface area contributed by atoms with Crippen LogP contribution in [0.3, 0.4) is 0 Å². The minimum Gasteiger partial charge on any atom is -0.495 e. The minimum atomic E-state index is 0.346. The van der Waals surface area contributed by atoms with Gasteiger partial charge in [0.25, 0.3) is 0 Å². The van der Waals surface area contributed by atoms with Crippen LogP contribution in [0.25, 0.3) is 0 Å². The van der Waals surface area contributed by atoms with Gasteiger partial charge in [-0.05, 0) is 18.4 Å². The van der Waals surface area contributed by atoms with Crippen molar-refractivity contribution in [2.75, 3.05) is 32.8 Å². The molecule has 1 saturated carbocycles. The molecule has 3 rings (SSSR count). The molecular formula is C19H27N3O. The van der Waals surface area contributed by atoms with Crippen molar-refractivity contribution >= 4 is 6.21 Å². The molecule has 23 heavy (non-hydrogen) atoms. The highest BCUT2D eigenvalue weighted by atomic mass is 16.5. The van der Waals surface area contributed by atoms with E-state index in [4.69, 9.17) is 10.1 Å². The first kappa shape index (κ1) is 16.1. The van der Waals surface area contributed by atoms with Crippen molar-refractivity contribution < 1.29 is 4.74 Å². The highest BCUT2D eigenvalue weighted by Crippen LogP contribution is 2.45. The minimum absolute atomic E-state index is 0.346. The van der Waals surface area contributed by atoms with Crippen LogP contribution in [0.5, 0.6) is 0 Å². The van der Waals surface area contributed by atoms with Gasteiger partial charge in [0, 0.05) is 44.2 Å². The molecular weight excluding hydrogens is 286 g/mol. The molecule has 0 amide bonds. The lowest BCUT2D eigenvalue weighted by atomic mass is 10.1. The zero-order valence-corrected chi connectivity index (χ0v) is 14.0. The fraction of sp³-hybridized carbons (Fsp3) is 0.526. The highest BCUT2D eigenvalue weighted by Gasteiger charge is 2.38. The first-order valence-electron chi connectivity index (χ1n) is 8.56. The van der Waals surface area contributed by atoms with Gasteiger partial charge in [0.15, 0.2) is 0 Å². The van der Waals surface area contributed by atoms with Crippen LogP contribution in [-0.4, -0.2) is 43.9 Å². The molecule has 0 atom stereocenters. The number of nitrogens with zero attached hydrogens (tertiary/aromatic N) is 1. The molecule has 0 unspecified atom stereocenters. The summed E-state index contributed by atoms with van der Waals surface area (Å²) in [7, 11) is 0. The van der Waals surface area contributed by atoms with Gasteiger partial charge in [0.2, 0.25) is 0 Å². The molecule has 1 aromatic rings. The number of hydrogen-bond donors (Lipinski definition) is 2. The summed E-state index contributed by atoms with van der Waals surface area (Å²) in [6.45, 7) is 6.84. The van der Waals surface area contributed by atoms with Crippen molar-refractivity contribution in [3.05, 3.63) is 47.4 Å². The van der Waals surface area contributed by atoms with Crippen LogP contribution in [0.15, 0.2) is 41.8 Å². The molecule has 2 aliphatic rings. The molecule has 4 nitrogen and oxygen atoms in total. The molecule has 2 N–H and O–H groups in total. The average molecular weight is 313 g/mol. The average Bonchev–Trinajstić information content (AvgIpc) is 3.33. The lowest BCUT2D eigenvalue weighted by Gasteiger charge is -2.31. The lowest BCUT2D eigenvalue weighted by molar-refractivity contribution is 0.147. The van der Waals surface area contributed by atoms with Crippen LogP contribution in [0, 0.1) is 10.8 Å². The van der Waals surface area contributed by atoms with Crippen molar-refractivity contribution in [1.82, 2.24) is 10.2 Å². The van der Waals surface area contributed by atoms with E-state index in [0.717, 1.165) is 50.7 Å². The van der Waals surface area contributed by atoms with Crippen LogP contribution in [0.2, 0.25) is 0 Å². The maximum atomic E-state index is 7.92. The number of rotatable bonds is 7. The van der Waals surface area contributed by atoms with Gasteiger partial charge in [0.05, 0.1) is 12.3 Å². The fourth-order valence-electron chi connectivity index (χ4n) is 2.87. The van der Waals surface area contributed by atoms with Crippen LogP contribution < -0.4 is 5.32 Å². The van der Waals surface area contributed by atoms with Crippen molar-refractivity contribution in [3.8, 4) is 0 Å². The third kappa shape index (κ3) is 4.35. The quantitative estimate of drug-likeness (QED) is 0.601. The van der Waals surface area contributed by atoms with Crippen molar-refractivity contribution in [2.24, 2.45) is 5.41 Å². The Morgan fingerprint density at radius 2 is 1.96 bits per heavy atom. The van der Waals surface area contributed by atoms with E-state index in [2.05, 4.69) is 41.4 Å². The topological polar surface area (TPSA) is 48.4 Å². The summed E-state index contributed by atoms with van der Waals surface area (Å²) in [5.74, 6) is 0.946. The summed E-state index contributed by atoms with van der Waals surface area (Å²) in [5.41, 5.74) is 2.52. The van der Waals surface area contributed by atoms with Gasteiger partial charge in [0.1, 0.15) is 5.76 Å². The van der Waals surface area contributed by atoms with Crippen molar-refractivity contribution in [2.45, 2.75) is 26.2 Å². The molecule has 2 fully saturated rings. The smallest absolute Gasteiger partial charge is 0.125 e. The molecule has 0 bridgehead atoms. The van der Waals surface area contributed by atoms with Crippen LogP contribution in [0.4, 0.5) is 0 Å². The van der Waals surface area contributed by atoms with Gasteiger partial charge in [-0.15, -0.1) is 0 Å². The van der Waals surface area contributed by atoms with E-state index in [1.807, 2.05) is 6.07 Å². The second-order valence-corrected chi connectivity index (χ2v) is 6.95. The van der Waals surface area contributed by atoms with Gasteiger partial charge >= 0.3 is 0 Å². The summed E-state index contributed by atoms with van der Waals surface area (Å²) in [4.78, 5) is 2.27. The highest BCUT2D eigenvalue weighted by molar-refractivity contribution is 5.75. The predicted octanol–water partition coefficient (Wildman–Crippen LogP) is 2.81. The zero-order chi connectivity index (χ0) is 16.1. The maximum absolute atomic E-state index is 7.92. The van der Waals surface area contributed by atoms with Crippen LogP contribution in [0.1, 0.15) is 25.3 Å². The van der Waals surface area contributed by atoms with E-state index in [-0.39, 0.29) is 0 Å². The molecule has 1 aromatic carbocycles. The normalized spacial score (nSPS) is 20.7. The van der Waals surface area contributed by atoms with Gasteiger partial charge in [-0.3, -0.25) is 0 Å². The first-order chi connectivity index (χ1) is 11.2. The standard InChI is InChI=1S/C19H27N3O/c1-19(7-8-19)15-23-18(13-16-5-3-2-4-6-16)17(14-20)22-11-9-21-10-12-22/h2-6,14,20-21H,7-13,15H2,1H3/b18-17-,20-14?. The molecule has 0 radical (unpaired) electrons. The Kier molecular flexibility index (Phi) is 5.01. The Hall–Kier alpha value is -1.81. The number of hydrogen-bond acceptors (Lipinski definition) is 4. The SMILES string of the molecule is CC1(CO/C(Cc2ccccc2)=C(/C=N)N2CCNCC2)CC1. The second kappa shape index (κ2) is 7.18. The van der Waals surface area contributed by atoms with E-state index in [9.17, 15) is 0 Å². The molecule has 4 heteroatoms. The number of nitrogens with one attached hydrogen (secondary N) is 2. The third-order valence-corrected chi connectivity index (χ3v) is 4.79. The predicted molar refractivity (Wildman–Crippen MR) is 93.7 cm³/mol. The van der Waals surface area contributed by atoms with Crippen molar-refractivity contribution in [3.63, 3.8) is 0 Å². The Balaban J connectivity index is 1.81. The van der Waals surface area contributed by atoms with E-state index < -0.39 is 0 Å². The number of ether oxygens (including phenoxy) is 1. The van der Waals surface area contributed by atoms with E-state index in [1.54, 1.807) is 0 Å². The third-order valence-electron chi connectivity index (χ3n) is 4.79. The fourth-order valence-corrected chi connectivity index (χ4v) is 2.87. The van der Waals surface area contributed by atoms with E-state index in [1.165, 1.54) is 24.6 Å². The zero-order valence-electron chi connectivity index (χ0n) is 14.0. The van der Waals surface area contributed by atoms with Crippen LogP contribution in [-0.2, 0) is 11.2 Å². The van der Waals surface area contributed by atoms with E-state index >= 15 is 0 Å². The Bertz CT molecular complexity index is 557. The maximum Gasteiger partial charge on any atom is 0.125 e. The summed E-state index contributed by atoms with van der Waals surface area (Å²) in [5, 5.41) is 11.3. The Morgan fingerprint density at radius 3 is 2.57 bits per heavy atom. The number of allylic oxidation sites excluding steroid dienone is 2. The molecule has 0 spiro atoms. The largest absolute Gasteiger partial charge is 0.495 e. The Labute approximate surface area is 139 Å². The lowest BCUT2D eigenvalue weighted by Crippen LogP contribution is -2.43. The monoisotopic (exact) mass is 313 g/mol. The second-order valence-electron chi connectivity index (χ2n) is 6.95. The molecule has 1 aliphatic carbocycles. The molecule has 1 heterocycles. The first-order valence-corrected chi connectivity index (χ1v) is 8.56. The van der Waals surface area contributed by atoms with Crippen molar-refractivity contribution in [1.29, 1.82) is 5.41 Å². The summed E-state index contributed by atoms with van der Waals surface area (Å²) in [6.07, 6.45) is 4.72. The molecule has 124 valence electrons. The van der Waals surface area contributed by atoms with Gasteiger partial charge in [-0.2, -0.15) is 0 Å². The Morgan fingerprint density at radius 1 is 1.26 bits per heavy atom. The van der Waals surface area contributed by atoms with Crippen LogP contribution >= 0.6 is 0 Å². The summed E-state index contributed by atoms with van der Waals surface area (Å²) < 4.78 is 6.25. The van der Waals surface area contributed by atoms with Gasteiger partial charge < -0.3 is 20.4 Å². The van der Waals surface area contributed by atoms with Gasteiger partial charge in [-0.1, -0.05) is 37.3 Å². The number of piperazine rings is 1. The molecule has 1 saturated heterocycles. The van der Waals surface area contributed by atoms with Gasteiger partial charge in [-0.25, -0.2) is 0 Å². The summed E-state index contributed by atoms with van der Waals surface area (Å²) in [6, 6.07) is 10.4.